The Bertz CT molecular complexity index is 547. The first kappa shape index (κ1) is 17.9. The maximum absolute atomic E-state index is 5.51. The van der Waals surface area contributed by atoms with Crippen LogP contribution in [0, 0.1) is 0 Å². The van der Waals surface area contributed by atoms with E-state index in [-0.39, 0.29) is 12.4 Å². The highest BCUT2D eigenvalue weighted by Gasteiger charge is 2.11. The molecule has 0 aromatic carbocycles. The summed E-state index contributed by atoms with van der Waals surface area (Å²) in [4.78, 5) is 4.28. The number of nitrogens with zero attached hydrogens (tertiary/aromatic N) is 5. The van der Waals surface area contributed by atoms with E-state index in [1.165, 1.54) is 11.8 Å². The Kier molecular flexibility index (Phi) is 7.65. The van der Waals surface area contributed by atoms with E-state index < -0.39 is 0 Å². The molecule has 2 aromatic rings. The van der Waals surface area contributed by atoms with Crippen LogP contribution >= 0.6 is 24.2 Å². The minimum Gasteiger partial charge on any atom is -0.384 e. The Labute approximate surface area is 133 Å². The van der Waals surface area contributed by atoms with Crippen molar-refractivity contribution in [2.75, 3.05) is 20.3 Å². The number of methoxy groups -OCH3 is 1. The molecule has 10 heteroatoms. The van der Waals surface area contributed by atoms with E-state index in [0.717, 1.165) is 11.0 Å². The number of nitrogens with two attached hydrogens (primary N) is 1. The third-order valence-electron chi connectivity index (χ3n) is 2.66. The van der Waals surface area contributed by atoms with Crippen LogP contribution in [0.4, 0.5) is 0 Å². The van der Waals surface area contributed by atoms with Gasteiger partial charge in [-0.15, -0.1) is 22.6 Å². The molecule has 2 aromatic heterocycles. The van der Waals surface area contributed by atoms with Gasteiger partial charge in [0.2, 0.25) is 5.89 Å². The molecule has 0 spiro atoms. The molecule has 2 heterocycles. The van der Waals surface area contributed by atoms with Gasteiger partial charge >= 0.3 is 0 Å². The van der Waals surface area contributed by atoms with Crippen molar-refractivity contribution < 1.29 is 9.26 Å². The van der Waals surface area contributed by atoms with Crippen molar-refractivity contribution in [2.45, 2.75) is 23.8 Å². The van der Waals surface area contributed by atoms with Crippen LogP contribution in [0.3, 0.4) is 0 Å². The number of aromatic nitrogens is 5. The summed E-state index contributed by atoms with van der Waals surface area (Å²) in [6.45, 7) is 1.14. The predicted molar refractivity (Wildman–Crippen MR) is 80.4 cm³/mol. The molecule has 0 fully saturated rings. The number of hydrogen-bond acceptors (Lipinski definition) is 8. The van der Waals surface area contributed by atoms with Crippen LogP contribution in [-0.2, 0) is 30.4 Å². The van der Waals surface area contributed by atoms with Crippen LogP contribution in [-0.4, -0.2) is 45.2 Å². The van der Waals surface area contributed by atoms with Gasteiger partial charge in [0, 0.05) is 27.0 Å². The number of ether oxygens (including phenoxy) is 1. The highest BCUT2D eigenvalue weighted by atomic mass is 35.5. The first-order chi connectivity index (χ1) is 9.74. The van der Waals surface area contributed by atoms with Gasteiger partial charge in [0.15, 0.2) is 11.0 Å². The Morgan fingerprint density at radius 2 is 2.14 bits per heavy atom. The van der Waals surface area contributed by atoms with E-state index in [1.54, 1.807) is 7.11 Å². The van der Waals surface area contributed by atoms with Crippen LogP contribution in [0.15, 0.2) is 9.68 Å². The molecule has 0 aliphatic rings. The van der Waals surface area contributed by atoms with E-state index in [9.17, 15) is 0 Å². The fraction of sp³-hybridized carbons (Fsp3) is 0.636. The van der Waals surface area contributed by atoms with E-state index in [2.05, 4.69) is 20.3 Å². The van der Waals surface area contributed by atoms with Crippen molar-refractivity contribution in [2.24, 2.45) is 12.8 Å². The third-order valence-corrected chi connectivity index (χ3v) is 3.66. The summed E-state index contributed by atoms with van der Waals surface area (Å²) >= 11 is 1.51. The van der Waals surface area contributed by atoms with E-state index in [1.807, 2.05) is 11.6 Å². The van der Waals surface area contributed by atoms with Gasteiger partial charge < -0.3 is 19.6 Å². The number of rotatable bonds is 8. The Hall–Kier alpha value is -1.16. The van der Waals surface area contributed by atoms with Gasteiger partial charge in [-0.25, -0.2) is 0 Å². The smallest absolute Gasteiger partial charge is 0.237 e. The van der Waals surface area contributed by atoms with Crippen LogP contribution in [0.1, 0.15) is 17.5 Å². The topological polar surface area (TPSA) is 105 Å². The largest absolute Gasteiger partial charge is 0.384 e. The zero-order chi connectivity index (χ0) is 14.4. The summed E-state index contributed by atoms with van der Waals surface area (Å²) < 4.78 is 12.1. The predicted octanol–water partition coefficient (Wildman–Crippen LogP) is 0.602. The number of halogens is 1. The second kappa shape index (κ2) is 8.98. The summed E-state index contributed by atoms with van der Waals surface area (Å²) in [5.74, 6) is 2.67. The van der Waals surface area contributed by atoms with Crippen molar-refractivity contribution in [3.8, 4) is 0 Å². The minimum atomic E-state index is 0. The lowest BCUT2D eigenvalue weighted by Crippen LogP contribution is -2.08. The summed E-state index contributed by atoms with van der Waals surface area (Å²) in [6, 6.07) is 0. The molecular weight excluding hydrogens is 316 g/mol. The Morgan fingerprint density at radius 1 is 1.33 bits per heavy atom. The normalized spacial score (nSPS) is 10.6. The van der Waals surface area contributed by atoms with Gasteiger partial charge in [0.25, 0.3) is 0 Å². The lowest BCUT2D eigenvalue weighted by molar-refractivity contribution is 0.199. The molecule has 0 radical (unpaired) electrons. The van der Waals surface area contributed by atoms with Crippen molar-refractivity contribution >= 4 is 24.2 Å². The molecule has 0 atom stereocenters. The lowest BCUT2D eigenvalue weighted by Gasteiger charge is -2.00. The van der Waals surface area contributed by atoms with Crippen molar-refractivity contribution in [1.82, 2.24) is 24.9 Å². The van der Waals surface area contributed by atoms with Gasteiger partial charge in [0.05, 0.1) is 12.4 Å². The molecular formula is C11H19ClN6O2S. The summed E-state index contributed by atoms with van der Waals surface area (Å²) in [7, 11) is 3.56. The number of thioether (sulfide) groups is 1. The van der Waals surface area contributed by atoms with Crippen LogP contribution in [0.25, 0.3) is 0 Å². The first-order valence-corrected chi connectivity index (χ1v) is 7.24. The monoisotopic (exact) mass is 334 g/mol. The molecule has 0 saturated heterocycles. The molecule has 0 bridgehead atoms. The zero-order valence-electron chi connectivity index (χ0n) is 12.0. The van der Waals surface area contributed by atoms with E-state index >= 15 is 0 Å². The van der Waals surface area contributed by atoms with E-state index in [4.69, 9.17) is 15.0 Å². The molecule has 0 unspecified atom stereocenters. The number of hydrogen-bond donors (Lipinski definition) is 1. The van der Waals surface area contributed by atoms with Crippen LogP contribution < -0.4 is 5.73 Å². The highest BCUT2D eigenvalue weighted by Crippen LogP contribution is 2.20. The SMILES string of the molecule is COCCc1noc(CSc2nnc(CCN)n2C)n1.Cl. The molecule has 8 nitrogen and oxygen atoms in total. The molecule has 2 N–H and O–H groups in total. The van der Waals surface area contributed by atoms with Crippen molar-refractivity contribution in [3.05, 3.63) is 17.5 Å². The Morgan fingerprint density at radius 3 is 2.86 bits per heavy atom. The molecule has 0 aliphatic heterocycles. The average molecular weight is 335 g/mol. The summed E-state index contributed by atoms with van der Waals surface area (Å²) in [5, 5.41) is 12.9. The highest BCUT2D eigenvalue weighted by molar-refractivity contribution is 7.98. The van der Waals surface area contributed by atoms with E-state index in [0.29, 0.717) is 43.5 Å². The molecule has 0 amide bonds. The summed E-state index contributed by atoms with van der Waals surface area (Å²) in [5.41, 5.74) is 5.51. The maximum Gasteiger partial charge on any atom is 0.237 e. The van der Waals surface area contributed by atoms with Crippen LogP contribution in [0.5, 0.6) is 0 Å². The first-order valence-electron chi connectivity index (χ1n) is 6.26. The molecule has 2 rings (SSSR count). The molecule has 0 aliphatic carbocycles. The summed E-state index contributed by atoms with van der Waals surface area (Å²) in [6.07, 6.45) is 1.36. The quantitative estimate of drug-likeness (QED) is 0.700. The Balaban J connectivity index is 0.00000220. The third kappa shape index (κ3) is 4.95. The second-order valence-electron chi connectivity index (χ2n) is 4.13. The second-order valence-corrected chi connectivity index (χ2v) is 5.07. The average Bonchev–Trinajstić information content (AvgIpc) is 3.03. The lowest BCUT2D eigenvalue weighted by atomic mass is 10.4. The molecule has 0 saturated carbocycles. The molecule has 21 heavy (non-hydrogen) atoms. The minimum absolute atomic E-state index is 0. The van der Waals surface area contributed by atoms with Crippen molar-refractivity contribution in [1.29, 1.82) is 0 Å². The maximum atomic E-state index is 5.51. The van der Waals surface area contributed by atoms with Gasteiger partial charge in [-0.2, -0.15) is 4.98 Å². The molecule has 118 valence electrons. The standard InChI is InChI=1S/C11H18N6O2S.ClH/c1-17-9(3-5-12)14-15-11(17)20-7-10-13-8(16-19-10)4-6-18-2;/h3-7,12H2,1-2H3;1H. The fourth-order valence-electron chi connectivity index (χ4n) is 1.59. The van der Waals surface area contributed by atoms with Crippen LogP contribution in [0.2, 0.25) is 0 Å². The van der Waals surface area contributed by atoms with Gasteiger partial charge in [-0.05, 0) is 6.54 Å². The van der Waals surface area contributed by atoms with Gasteiger partial charge in [-0.1, -0.05) is 16.9 Å². The fourth-order valence-corrected chi connectivity index (χ4v) is 2.35. The zero-order valence-corrected chi connectivity index (χ0v) is 13.6. The van der Waals surface area contributed by atoms with Gasteiger partial charge in [0.1, 0.15) is 5.82 Å². The van der Waals surface area contributed by atoms with Gasteiger partial charge in [-0.3, -0.25) is 0 Å². The van der Waals surface area contributed by atoms with Crippen molar-refractivity contribution in [3.63, 3.8) is 0 Å².